The number of furan rings is 1. The van der Waals surface area contributed by atoms with Crippen molar-refractivity contribution in [1.29, 1.82) is 5.26 Å². The Bertz CT molecular complexity index is 6480. The summed E-state index contributed by atoms with van der Waals surface area (Å²) in [5.41, 5.74) is 29.6. The van der Waals surface area contributed by atoms with E-state index in [1.807, 2.05) is 48.5 Å². The van der Waals surface area contributed by atoms with Crippen molar-refractivity contribution < 1.29 is 4.42 Å². The molecule has 7 nitrogen and oxygen atoms in total. The van der Waals surface area contributed by atoms with Crippen molar-refractivity contribution in [1.82, 2.24) is 23.7 Å². The van der Waals surface area contributed by atoms with E-state index in [9.17, 15) is 5.26 Å². The van der Waals surface area contributed by atoms with E-state index < -0.39 is 0 Å². The van der Waals surface area contributed by atoms with Gasteiger partial charge in [0.25, 0.3) is 0 Å². The number of fused-ring (bicyclic) bond motifs is 12. The molecule has 102 heavy (non-hydrogen) atoms. The van der Waals surface area contributed by atoms with Gasteiger partial charge in [0.1, 0.15) is 17.2 Å². The molecule has 0 unspecified atom stereocenters. The Labute approximate surface area is 590 Å². The van der Waals surface area contributed by atoms with E-state index in [2.05, 4.69) is 304 Å². The number of nitriles is 1. The largest absolute Gasteiger partial charge is 0.455 e. The molecule has 0 amide bonds. The first-order valence-electron chi connectivity index (χ1n) is 34.9. The molecule has 0 saturated heterocycles. The molecular formula is C95H66N6O. The van der Waals surface area contributed by atoms with E-state index in [1.165, 1.54) is 65.7 Å². The molecule has 0 atom stereocenters. The minimum atomic E-state index is 0.453. The predicted octanol–water partition coefficient (Wildman–Crippen LogP) is 25.1. The summed E-state index contributed by atoms with van der Waals surface area (Å²) >= 11 is 0. The number of para-hydroxylation sites is 2. The highest BCUT2D eigenvalue weighted by Gasteiger charge is 2.32. The number of hydrogen-bond donors (Lipinski definition) is 0. The summed E-state index contributed by atoms with van der Waals surface area (Å²) in [4.78, 5) is 11.1. The van der Waals surface area contributed by atoms with E-state index in [0.29, 0.717) is 28.2 Å². The summed E-state index contributed by atoms with van der Waals surface area (Å²) in [6.07, 6.45) is 0. The molecule has 14 aromatic carbocycles. The van der Waals surface area contributed by atoms with Crippen LogP contribution in [0.1, 0.15) is 38.9 Å². The Balaban J connectivity index is 0.968. The van der Waals surface area contributed by atoms with E-state index in [1.54, 1.807) is 0 Å². The van der Waals surface area contributed by atoms with Gasteiger partial charge in [0, 0.05) is 93.5 Å². The van der Waals surface area contributed by atoms with Gasteiger partial charge in [-0.05, 0) is 191 Å². The van der Waals surface area contributed by atoms with Crippen LogP contribution in [0.5, 0.6) is 0 Å². The van der Waals surface area contributed by atoms with E-state index in [-0.39, 0.29) is 0 Å². The van der Waals surface area contributed by atoms with Gasteiger partial charge < -0.3 is 18.1 Å². The average molecular weight is 1310 g/mol. The standard InChI is InChI=1S/C95H66N6O/c1-56-24-42-82-73(48-56)74-49-57(2)25-43-83(74)99(82)67-36-30-63(31-37-67)89-79(55-96)92(81-54-80(62-16-9-7-10-17-62)97-95(98-81)66-18-11-8-12-19-66)93(72-22-15-21-71-70-20-13-14-23-88(70)102-94(71)72)91(65-34-40-69(41-35-65)101-86-46-28-60(5)52-77(86)78-53-61(6)29-47-87(78)101)90(89)64-32-38-68(39-33-64)100-84-44-26-58(3)50-75(84)76-51-59(4)27-45-85(76)100/h7-54H,1-6H3. The van der Waals surface area contributed by atoms with Crippen LogP contribution in [0, 0.1) is 52.9 Å². The monoisotopic (exact) mass is 1310 g/mol. The first-order chi connectivity index (χ1) is 50.0. The molecule has 7 heteroatoms. The summed E-state index contributed by atoms with van der Waals surface area (Å²) in [5.74, 6) is 0.531. The molecule has 19 rings (SSSR count). The Hall–Kier alpha value is -13.2. The van der Waals surface area contributed by atoms with E-state index in [4.69, 9.17) is 14.4 Å². The van der Waals surface area contributed by atoms with Crippen LogP contribution in [-0.4, -0.2) is 23.7 Å². The number of benzene rings is 14. The minimum Gasteiger partial charge on any atom is -0.455 e. The molecule has 0 N–H and O–H groups in total. The highest BCUT2D eigenvalue weighted by molar-refractivity contribution is 6.18. The lowest BCUT2D eigenvalue weighted by atomic mass is 9.76. The Morgan fingerprint density at radius 3 is 1.07 bits per heavy atom. The highest BCUT2D eigenvalue weighted by Crippen LogP contribution is 2.55. The zero-order valence-electron chi connectivity index (χ0n) is 57.3. The van der Waals surface area contributed by atoms with Crippen molar-refractivity contribution in [3.05, 3.63) is 330 Å². The first kappa shape index (κ1) is 60.1. The second kappa shape index (κ2) is 23.5. The molecule has 0 aliphatic heterocycles. The topological polar surface area (TPSA) is 77.5 Å². The minimum absolute atomic E-state index is 0.453. The van der Waals surface area contributed by atoms with Crippen LogP contribution < -0.4 is 0 Å². The molecule has 5 heterocycles. The third-order valence-electron chi connectivity index (χ3n) is 20.8. The number of aromatic nitrogens is 5. The molecule has 5 aromatic heterocycles. The summed E-state index contributed by atoms with van der Waals surface area (Å²) in [6, 6.07) is 108. The maximum atomic E-state index is 12.9. The molecular weight excluding hydrogens is 1240 g/mol. The van der Waals surface area contributed by atoms with Gasteiger partial charge in [-0.15, -0.1) is 0 Å². The Kier molecular flexibility index (Phi) is 13.8. The van der Waals surface area contributed by atoms with Gasteiger partial charge in [-0.25, -0.2) is 9.97 Å². The molecule has 0 aliphatic carbocycles. The third-order valence-corrected chi connectivity index (χ3v) is 20.8. The van der Waals surface area contributed by atoms with Crippen LogP contribution in [0.25, 0.3) is 183 Å². The van der Waals surface area contributed by atoms with Gasteiger partial charge in [0.2, 0.25) is 0 Å². The van der Waals surface area contributed by atoms with Gasteiger partial charge in [0.05, 0.1) is 50.1 Å². The van der Waals surface area contributed by atoms with Gasteiger partial charge in [-0.1, -0.05) is 203 Å². The second-order valence-electron chi connectivity index (χ2n) is 27.6. The van der Waals surface area contributed by atoms with Gasteiger partial charge in [-0.2, -0.15) is 5.26 Å². The third kappa shape index (κ3) is 9.63. The van der Waals surface area contributed by atoms with Gasteiger partial charge in [-0.3, -0.25) is 0 Å². The lowest BCUT2D eigenvalue weighted by Crippen LogP contribution is -2.05. The molecule has 0 fully saturated rings. The molecule has 0 bridgehead atoms. The molecule has 19 aromatic rings. The van der Waals surface area contributed by atoms with Crippen LogP contribution in [0.4, 0.5) is 0 Å². The van der Waals surface area contributed by atoms with Crippen LogP contribution >= 0.6 is 0 Å². The predicted molar refractivity (Wildman–Crippen MR) is 424 cm³/mol. The number of nitrogens with zero attached hydrogens (tertiary/aromatic N) is 6. The summed E-state index contributed by atoms with van der Waals surface area (Å²) < 4.78 is 14.4. The fraction of sp³-hybridized carbons (Fsp3) is 0.0632. The van der Waals surface area contributed by atoms with Crippen LogP contribution in [-0.2, 0) is 0 Å². The van der Waals surface area contributed by atoms with Crippen LogP contribution in [0.15, 0.2) is 296 Å². The van der Waals surface area contributed by atoms with Crippen molar-refractivity contribution in [2.24, 2.45) is 0 Å². The van der Waals surface area contributed by atoms with Crippen LogP contribution in [0.2, 0.25) is 0 Å². The van der Waals surface area contributed by atoms with Crippen molar-refractivity contribution in [3.63, 3.8) is 0 Å². The van der Waals surface area contributed by atoms with E-state index in [0.717, 1.165) is 128 Å². The SMILES string of the molecule is Cc1ccc2c(c1)c1cc(C)ccc1n2-c1ccc(-c2c(C#N)c(-c3cc(-c4ccccc4)nc(-c4ccccc4)n3)c(-c3cccc4c3oc3ccccc34)c(-c3ccc(-n4c5ccc(C)cc5c5cc(C)ccc54)cc3)c2-c2ccc(-n3c4ccc(C)cc4c4cc(C)ccc43)cc2)cc1. The summed E-state index contributed by atoms with van der Waals surface area (Å²) in [6.45, 7) is 13.0. The fourth-order valence-corrected chi connectivity index (χ4v) is 16.2. The average Bonchev–Trinajstić information content (AvgIpc) is 0.830. The normalized spacial score (nSPS) is 11.8. The first-order valence-corrected chi connectivity index (χ1v) is 34.9. The van der Waals surface area contributed by atoms with Crippen LogP contribution in [0.3, 0.4) is 0 Å². The lowest BCUT2D eigenvalue weighted by molar-refractivity contribution is 0.670. The second-order valence-corrected chi connectivity index (χ2v) is 27.6. The number of hydrogen-bond acceptors (Lipinski definition) is 4. The molecule has 0 spiro atoms. The summed E-state index contributed by atoms with van der Waals surface area (Å²) in [7, 11) is 0. The highest BCUT2D eigenvalue weighted by atomic mass is 16.3. The number of aryl methyl sites for hydroxylation is 6. The summed E-state index contributed by atoms with van der Waals surface area (Å²) in [5, 5.41) is 22.1. The smallest absolute Gasteiger partial charge is 0.160 e. The van der Waals surface area contributed by atoms with Crippen molar-refractivity contribution in [3.8, 4) is 102 Å². The van der Waals surface area contributed by atoms with Crippen molar-refractivity contribution >= 4 is 87.4 Å². The quantitative estimate of drug-likeness (QED) is 0.137. The van der Waals surface area contributed by atoms with E-state index >= 15 is 0 Å². The van der Waals surface area contributed by atoms with Gasteiger partial charge in [0.15, 0.2) is 5.82 Å². The molecule has 0 saturated carbocycles. The fourth-order valence-electron chi connectivity index (χ4n) is 16.2. The van der Waals surface area contributed by atoms with Gasteiger partial charge >= 0.3 is 0 Å². The molecule has 0 aliphatic rings. The van der Waals surface area contributed by atoms with Crippen molar-refractivity contribution in [2.45, 2.75) is 41.5 Å². The van der Waals surface area contributed by atoms with Crippen molar-refractivity contribution in [2.75, 3.05) is 0 Å². The lowest BCUT2D eigenvalue weighted by Gasteiger charge is -2.26. The Morgan fingerprint density at radius 1 is 0.284 bits per heavy atom. The Morgan fingerprint density at radius 2 is 0.647 bits per heavy atom. The molecule has 482 valence electrons. The maximum absolute atomic E-state index is 12.9. The zero-order valence-corrected chi connectivity index (χ0v) is 57.3. The molecule has 0 radical (unpaired) electrons. The zero-order chi connectivity index (χ0) is 68.6. The number of rotatable bonds is 10. The maximum Gasteiger partial charge on any atom is 0.160 e.